The van der Waals surface area contributed by atoms with Crippen molar-refractivity contribution in [2.75, 3.05) is 25.5 Å². The number of para-hydroxylation sites is 1. The van der Waals surface area contributed by atoms with E-state index in [-0.39, 0.29) is 24.5 Å². The number of halogens is 1. The molecule has 2 aromatic rings. The van der Waals surface area contributed by atoms with Gasteiger partial charge in [0, 0.05) is 32.4 Å². The molecule has 1 aliphatic heterocycles. The third-order valence-electron chi connectivity index (χ3n) is 4.47. The number of anilines is 1. The molecule has 1 saturated heterocycles. The van der Waals surface area contributed by atoms with Crippen LogP contribution in [0.5, 0.6) is 0 Å². The molecule has 0 unspecified atom stereocenters. The smallest absolute Gasteiger partial charge is 0.340 e. The van der Waals surface area contributed by atoms with Crippen molar-refractivity contribution in [3.8, 4) is 0 Å². The Morgan fingerprint density at radius 1 is 1.08 bits per heavy atom. The number of benzene rings is 2. The first-order chi connectivity index (χ1) is 11.8. The van der Waals surface area contributed by atoms with Gasteiger partial charge >= 0.3 is 5.97 Å². The minimum atomic E-state index is -0.235. The number of esters is 1. The molecule has 0 saturated carbocycles. The van der Waals surface area contributed by atoms with E-state index in [0.29, 0.717) is 5.56 Å². The lowest BCUT2D eigenvalue weighted by Crippen LogP contribution is -2.37. The Bertz CT molecular complexity index is 670. The minimum absolute atomic E-state index is 0. The predicted octanol–water partition coefficient (Wildman–Crippen LogP) is 3.97. The molecule has 0 aliphatic carbocycles. The molecule has 2 aromatic carbocycles. The predicted molar refractivity (Wildman–Crippen MR) is 103 cm³/mol. The highest BCUT2D eigenvalue weighted by molar-refractivity contribution is 5.95. The second-order valence-corrected chi connectivity index (χ2v) is 6.16. The zero-order valence-electron chi connectivity index (χ0n) is 14.5. The summed E-state index contributed by atoms with van der Waals surface area (Å²) >= 11 is 0. The van der Waals surface area contributed by atoms with Crippen molar-refractivity contribution in [1.82, 2.24) is 4.90 Å². The van der Waals surface area contributed by atoms with Crippen molar-refractivity contribution < 1.29 is 9.53 Å². The Hall–Kier alpha value is -2.04. The second kappa shape index (κ2) is 9.44. The fraction of sp³-hybridized carbons (Fsp3) is 0.350. The molecule has 1 N–H and O–H groups in total. The lowest BCUT2D eigenvalue weighted by Gasteiger charge is -2.31. The van der Waals surface area contributed by atoms with Crippen molar-refractivity contribution in [2.24, 2.45) is 0 Å². The first-order valence-electron chi connectivity index (χ1n) is 8.50. The molecule has 0 radical (unpaired) electrons. The van der Waals surface area contributed by atoms with Gasteiger partial charge in [-0.25, -0.2) is 4.79 Å². The fourth-order valence-corrected chi connectivity index (χ4v) is 3.12. The monoisotopic (exact) mass is 360 g/mol. The van der Waals surface area contributed by atoms with E-state index in [2.05, 4.69) is 34.5 Å². The molecule has 0 atom stereocenters. The van der Waals surface area contributed by atoms with Gasteiger partial charge in [0.2, 0.25) is 0 Å². The van der Waals surface area contributed by atoms with Gasteiger partial charge in [0.05, 0.1) is 5.56 Å². The number of hydrogen-bond donors (Lipinski definition) is 1. The highest BCUT2D eigenvalue weighted by atomic mass is 35.5. The van der Waals surface area contributed by atoms with Gasteiger partial charge in [0.15, 0.2) is 0 Å². The van der Waals surface area contributed by atoms with Crippen molar-refractivity contribution >= 4 is 24.1 Å². The number of rotatable bonds is 5. The molecule has 4 nitrogen and oxygen atoms in total. The Morgan fingerprint density at radius 2 is 1.72 bits per heavy atom. The van der Waals surface area contributed by atoms with Crippen LogP contribution >= 0.6 is 12.4 Å². The number of nitrogens with one attached hydrogen (secondary N) is 1. The number of likely N-dealkylation sites (tertiary alicyclic amines) is 1. The van der Waals surface area contributed by atoms with Crippen LogP contribution in [0.4, 0.5) is 5.69 Å². The molecule has 0 spiro atoms. The van der Waals surface area contributed by atoms with Gasteiger partial charge in [-0.2, -0.15) is 0 Å². The van der Waals surface area contributed by atoms with E-state index in [4.69, 9.17) is 4.74 Å². The van der Waals surface area contributed by atoms with Crippen LogP contribution in [0.3, 0.4) is 0 Å². The van der Waals surface area contributed by atoms with E-state index in [1.807, 2.05) is 31.3 Å². The van der Waals surface area contributed by atoms with Crippen molar-refractivity contribution in [3.05, 3.63) is 65.7 Å². The van der Waals surface area contributed by atoms with Gasteiger partial charge in [-0.15, -0.1) is 12.4 Å². The zero-order chi connectivity index (χ0) is 16.8. The van der Waals surface area contributed by atoms with Crippen LogP contribution in [0.15, 0.2) is 54.6 Å². The summed E-state index contributed by atoms with van der Waals surface area (Å²) in [6.45, 7) is 2.88. The minimum Gasteiger partial charge on any atom is -0.459 e. The summed E-state index contributed by atoms with van der Waals surface area (Å²) in [5.74, 6) is -0.235. The summed E-state index contributed by atoms with van der Waals surface area (Å²) in [6, 6.07) is 18.0. The average molecular weight is 361 g/mol. The Morgan fingerprint density at radius 3 is 2.40 bits per heavy atom. The van der Waals surface area contributed by atoms with E-state index in [1.165, 1.54) is 5.56 Å². The normalized spacial score (nSPS) is 15.2. The Balaban J connectivity index is 0.00000225. The summed E-state index contributed by atoms with van der Waals surface area (Å²) in [4.78, 5) is 14.8. The summed E-state index contributed by atoms with van der Waals surface area (Å²) in [7, 11) is 1.81. The third-order valence-corrected chi connectivity index (χ3v) is 4.47. The van der Waals surface area contributed by atoms with E-state index in [0.717, 1.165) is 38.2 Å². The number of nitrogens with zero attached hydrogens (tertiary/aromatic N) is 1. The van der Waals surface area contributed by atoms with Crippen molar-refractivity contribution in [1.29, 1.82) is 0 Å². The number of piperidine rings is 1. The van der Waals surface area contributed by atoms with Crippen LogP contribution in [0, 0.1) is 0 Å². The molecule has 1 fully saturated rings. The van der Waals surface area contributed by atoms with E-state index < -0.39 is 0 Å². The van der Waals surface area contributed by atoms with E-state index >= 15 is 0 Å². The summed E-state index contributed by atoms with van der Waals surface area (Å²) in [6.07, 6.45) is 1.79. The van der Waals surface area contributed by atoms with Gasteiger partial charge in [0.1, 0.15) is 6.10 Å². The number of hydrogen-bond acceptors (Lipinski definition) is 4. The Labute approximate surface area is 155 Å². The lowest BCUT2D eigenvalue weighted by molar-refractivity contribution is 0.0105. The largest absolute Gasteiger partial charge is 0.459 e. The highest BCUT2D eigenvalue weighted by Crippen LogP contribution is 2.20. The molecule has 5 heteroatoms. The summed E-state index contributed by atoms with van der Waals surface area (Å²) in [5.41, 5.74) is 2.74. The van der Waals surface area contributed by atoms with Gasteiger partial charge in [-0.05, 0) is 30.5 Å². The first kappa shape index (κ1) is 19.3. The van der Waals surface area contributed by atoms with Crippen LogP contribution in [-0.2, 0) is 11.3 Å². The van der Waals surface area contributed by atoms with Crippen molar-refractivity contribution in [3.63, 3.8) is 0 Å². The maximum absolute atomic E-state index is 12.4. The molecule has 134 valence electrons. The van der Waals surface area contributed by atoms with Gasteiger partial charge in [0.25, 0.3) is 0 Å². The molecule has 0 amide bonds. The molecule has 3 rings (SSSR count). The molecule has 1 heterocycles. The van der Waals surface area contributed by atoms with Gasteiger partial charge in [-0.1, -0.05) is 42.5 Å². The molecular weight excluding hydrogens is 336 g/mol. The average Bonchev–Trinajstić information content (AvgIpc) is 2.64. The first-order valence-corrected chi connectivity index (χ1v) is 8.50. The van der Waals surface area contributed by atoms with Crippen LogP contribution in [0.25, 0.3) is 0 Å². The number of carbonyl (C=O) groups excluding carboxylic acids is 1. The van der Waals surface area contributed by atoms with Crippen LogP contribution in [-0.4, -0.2) is 37.1 Å². The molecule has 1 aliphatic rings. The quantitative estimate of drug-likeness (QED) is 0.819. The maximum atomic E-state index is 12.4. The topological polar surface area (TPSA) is 41.6 Å². The SMILES string of the molecule is CNc1ccccc1C(=O)OC1CCN(Cc2ccccc2)CC1.Cl. The Kier molecular flexibility index (Phi) is 7.29. The fourth-order valence-electron chi connectivity index (χ4n) is 3.12. The third kappa shape index (κ3) is 5.21. The summed E-state index contributed by atoms with van der Waals surface area (Å²) < 4.78 is 5.71. The second-order valence-electron chi connectivity index (χ2n) is 6.16. The van der Waals surface area contributed by atoms with E-state index in [1.54, 1.807) is 6.07 Å². The molecule has 25 heavy (non-hydrogen) atoms. The molecule has 0 bridgehead atoms. The number of ether oxygens (including phenoxy) is 1. The lowest BCUT2D eigenvalue weighted by atomic mass is 10.1. The maximum Gasteiger partial charge on any atom is 0.340 e. The van der Waals surface area contributed by atoms with Crippen LogP contribution in [0.1, 0.15) is 28.8 Å². The molecule has 0 aromatic heterocycles. The highest BCUT2D eigenvalue weighted by Gasteiger charge is 2.23. The zero-order valence-corrected chi connectivity index (χ0v) is 15.3. The van der Waals surface area contributed by atoms with Crippen LogP contribution in [0.2, 0.25) is 0 Å². The van der Waals surface area contributed by atoms with E-state index in [9.17, 15) is 4.79 Å². The standard InChI is InChI=1S/C20H24N2O2.ClH/c1-21-19-10-6-5-9-18(19)20(23)24-17-11-13-22(14-12-17)15-16-7-3-2-4-8-16;/h2-10,17,21H,11-15H2,1H3;1H. The summed E-state index contributed by atoms with van der Waals surface area (Å²) in [5, 5.41) is 3.04. The molecular formula is C20H25ClN2O2. The number of carbonyl (C=O) groups is 1. The van der Waals surface area contributed by atoms with Gasteiger partial charge < -0.3 is 10.1 Å². The van der Waals surface area contributed by atoms with Gasteiger partial charge in [-0.3, -0.25) is 4.90 Å². The van der Waals surface area contributed by atoms with Crippen LogP contribution < -0.4 is 5.32 Å². The van der Waals surface area contributed by atoms with Crippen molar-refractivity contribution in [2.45, 2.75) is 25.5 Å².